The third kappa shape index (κ3) is 9.12. The van der Waals surface area contributed by atoms with Crippen LogP contribution in [0.4, 0.5) is 16.2 Å². The molecule has 0 saturated carbocycles. The Morgan fingerprint density at radius 1 is 0.955 bits per heavy atom. The van der Waals surface area contributed by atoms with E-state index in [0.717, 1.165) is 25.2 Å². The lowest BCUT2D eigenvalue weighted by molar-refractivity contribution is -0.115. The first-order valence-corrected chi connectivity index (χ1v) is 16.1. The Labute approximate surface area is 259 Å². The fourth-order valence-electron chi connectivity index (χ4n) is 4.77. The van der Waals surface area contributed by atoms with Gasteiger partial charge in [0.2, 0.25) is 15.9 Å². The zero-order chi connectivity index (χ0) is 32.4. The minimum atomic E-state index is -3.90. The van der Waals surface area contributed by atoms with Crippen molar-refractivity contribution in [1.82, 2.24) is 10.2 Å². The topological polar surface area (TPSA) is 158 Å². The number of ether oxygens (including phenoxy) is 1. The van der Waals surface area contributed by atoms with Crippen molar-refractivity contribution in [2.24, 2.45) is 5.14 Å². The lowest BCUT2D eigenvalue weighted by Crippen LogP contribution is -2.41. The summed E-state index contributed by atoms with van der Waals surface area (Å²) in [6.07, 6.45) is -0.379. The molecular formula is C32H42N6O5S. The summed E-state index contributed by atoms with van der Waals surface area (Å²) in [5.41, 5.74) is 2.86. The summed E-state index contributed by atoms with van der Waals surface area (Å²) in [7, 11) is -3.90. The number of hydrogen-bond donors (Lipinski definition) is 4. The molecule has 0 saturated heterocycles. The van der Waals surface area contributed by atoms with Crippen molar-refractivity contribution in [3.63, 3.8) is 0 Å². The van der Waals surface area contributed by atoms with E-state index in [2.05, 4.69) is 10.6 Å². The second-order valence-corrected chi connectivity index (χ2v) is 11.9. The molecule has 0 spiro atoms. The second-order valence-electron chi connectivity index (χ2n) is 10.3. The van der Waals surface area contributed by atoms with Gasteiger partial charge in [0.25, 0.3) is 0 Å². The molecule has 2 unspecified atom stereocenters. The number of nitrogens with zero attached hydrogens (tertiary/aromatic N) is 2. The van der Waals surface area contributed by atoms with Crippen molar-refractivity contribution in [2.75, 3.05) is 29.9 Å². The van der Waals surface area contributed by atoms with Crippen LogP contribution >= 0.6 is 0 Å². The van der Waals surface area contributed by atoms with Gasteiger partial charge in [-0.25, -0.2) is 18.4 Å². The molecule has 0 heterocycles. The van der Waals surface area contributed by atoms with E-state index in [1.54, 1.807) is 67.6 Å². The molecule has 236 valence electrons. The number of rotatable bonds is 13. The van der Waals surface area contributed by atoms with Gasteiger partial charge >= 0.3 is 6.09 Å². The van der Waals surface area contributed by atoms with Gasteiger partial charge in [-0.1, -0.05) is 63.2 Å². The summed E-state index contributed by atoms with van der Waals surface area (Å²) in [5, 5.41) is 19.2. The van der Waals surface area contributed by atoms with Crippen molar-refractivity contribution in [1.29, 1.82) is 5.41 Å². The summed E-state index contributed by atoms with van der Waals surface area (Å²) >= 11 is 0. The molecule has 0 aliphatic heterocycles. The summed E-state index contributed by atoms with van der Waals surface area (Å²) < 4.78 is 29.4. The fourth-order valence-corrected chi connectivity index (χ4v) is 5.54. The maximum absolute atomic E-state index is 13.2. The molecule has 11 nitrogen and oxygen atoms in total. The summed E-state index contributed by atoms with van der Waals surface area (Å²) in [6, 6.07) is 20.4. The lowest BCUT2D eigenvalue weighted by atomic mass is 10.1. The SMILES string of the molecule is CCC(C)N(CC(=O)Nc1ccc(-c2ccccc2S(N)(=O)=O)cc1)c1cccc(C(=N)NC(=O)OC(C)N(CC)CC)c1. The van der Waals surface area contributed by atoms with Gasteiger partial charge in [-0.3, -0.25) is 20.4 Å². The van der Waals surface area contributed by atoms with Crippen molar-refractivity contribution in [2.45, 2.75) is 58.2 Å². The maximum Gasteiger partial charge on any atom is 0.414 e. The zero-order valence-corrected chi connectivity index (χ0v) is 26.6. The summed E-state index contributed by atoms with van der Waals surface area (Å²) in [5.74, 6) is -0.364. The van der Waals surface area contributed by atoms with Gasteiger partial charge in [-0.2, -0.15) is 0 Å². The number of amides is 2. The highest BCUT2D eigenvalue weighted by molar-refractivity contribution is 7.89. The van der Waals surface area contributed by atoms with Crippen molar-refractivity contribution >= 4 is 39.2 Å². The van der Waals surface area contributed by atoms with E-state index in [1.165, 1.54) is 6.07 Å². The molecule has 3 rings (SSSR count). The minimum absolute atomic E-state index is 0.00452. The molecule has 3 aromatic carbocycles. The average Bonchev–Trinajstić information content (AvgIpc) is 3.00. The van der Waals surface area contributed by atoms with E-state index in [9.17, 15) is 18.0 Å². The van der Waals surface area contributed by atoms with Gasteiger partial charge in [0.1, 0.15) is 5.84 Å². The summed E-state index contributed by atoms with van der Waals surface area (Å²) in [4.78, 5) is 29.5. The molecule has 0 aliphatic carbocycles. The average molecular weight is 623 g/mol. The monoisotopic (exact) mass is 622 g/mol. The van der Waals surface area contributed by atoms with E-state index in [-0.39, 0.29) is 29.2 Å². The molecule has 2 atom stereocenters. The first kappa shape index (κ1) is 34.2. The minimum Gasteiger partial charge on any atom is -0.430 e. The van der Waals surface area contributed by atoms with Crippen molar-refractivity contribution in [3.8, 4) is 11.1 Å². The quantitative estimate of drug-likeness (QED) is 0.119. The molecule has 0 fully saturated rings. The van der Waals surface area contributed by atoms with Crippen LogP contribution in [0.15, 0.2) is 77.7 Å². The van der Waals surface area contributed by atoms with Crippen LogP contribution in [0, 0.1) is 5.41 Å². The third-order valence-corrected chi connectivity index (χ3v) is 8.38. The molecule has 44 heavy (non-hydrogen) atoms. The molecule has 0 bridgehead atoms. The smallest absolute Gasteiger partial charge is 0.414 e. The number of anilines is 2. The number of alkyl carbamates (subject to hydrolysis) is 1. The van der Waals surface area contributed by atoms with Crippen LogP contribution in [0.25, 0.3) is 11.1 Å². The van der Waals surface area contributed by atoms with Crippen LogP contribution in [0.5, 0.6) is 0 Å². The Balaban J connectivity index is 1.71. The molecule has 3 aromatic rings. The van der Waals surface area contributed by atoms with E-state index < -0.39 is 22.3 Å². The van der Waals surface area contributed by atoms with Crippen LogP contribution in [0.2, 0.25) is 0 Å². The number of amidine groups is 1. The molecule has 0 radical (unpaired) electrons. The molecule has 0 aliphatic rings. The largest absolute Gasteiger partial charge is 0.430 e. The van der Waals surface area contributed by atoms with Gasteiger partial charge in [0.15, 0.2) is 6.23 Å². The molecule has 12 heteroatoms. The number of primary sulfonamides is 1. The number of benzene rings is 3. The van der Waals surface area contributed by atoms with Crippen LogP contribution < -0.4 is 20.7 Å². The number of hydrogen-bond acceptors (Lipinski definition) is 8. The van der Waals surface area contributed by atoms with Gasteiger partial charge in [0, 0.05) is 28.5 Å². The van der Waals surface area contributed by atoms with E-state index in [1.807, 2.05) is 43.6 Å². The number of carbonyl (C=O) groups excluding carboxylic acids is 2. The lowest BCUT2D eigenvalue weighted by Gasteiger charge is -2.30. The Kier molecular flexibility index (Phi) is 12.0. The highest BCUT2D eigenvalue weighted by Crippen LogP contribution is 2.28. The maximum atomic E-state index is 13.2. The third-order valence-electron chi connectivity index (χ3n) is 7.41. The predicted molar refractivity (Wildman–Crippen MR) is 174 cm³/mol. The Bertz CT molecular complexity index is 1560. The van der Waals surface area contributed by atoms with Crippen molar-refractivity contribution < 1.29 is 22.7 Å². The molecular weight excluding hydrogens is 580 g/mol. The van der Waals surface area contributed by atoms with Crippen molar-refractivity contribution in [3.05, 3.63) is 78.4 Å². The van der Waals surface area contributed by atoms with Crippen LogP contribution in [0.3, 0.4) is 0 Å². The number of carbonyl (C=O) groups is 2. The van der Waals surface area contributed by atoms with E-state index in [0.29, 0.717) is 22.4 Å². The normalized spacial score (nSPS) is 12.7. The Hall–Kier alpha value is -4.26. The van der Waals surface area contributed by atoms with Gasteiger partial charge in [-0.05, 0) is 69.3 Å². The first-order valence-electron chi connectivity index (χ1n) is 14.6. The Morgan fingerprint density at radius 2 is 1.61 bits per heavy atom. The predicted octanol–water partition coefficient (Wildman–Crippen LogP) is 4.98. The highest BCUT2D eigenvalue weighted by atomic mass is 32.2. The van der Waals surface area contributed by atoms with E-state index >= 15 is 0 Å². The fraction of sp³-hybridized carbons (Fsp3) is 0.344. The zero-order valence-electron chi connectivity index (χ0n) is 25.8. The molecule has 0 aromatic heterocycles. The number of nitrogens with one attached hydrogen (secondary N) is 3. The van der Waals surface area contributed by atoms with Gasteiger partial charge < -0.3 is 15.0 Å². The molecule has 2 amide bonds. The standard InChI is InChI=1S/C32H42N6O5S/c1-6-22(4)38(27-13-11-12-25(20-27)31(33)36-32(40)43-23(5)37(7-2)8-3)21-30(39)35-26-18-16-24(17-19-26)28-14-9-10-15-29(28)44(34,41)42/h9-20,22-23H,6-8,21H2,1-5H3,(H,35,39)(H2,33,36,40)(H2,34,41,42). The van der Waals surface area contributed by atoms with Gasteiger partial charge in [0.05, 0.1) is 11.4 Å². The second kappa shape index (κ2) is 15.5. The molecule has 5 N–H and O–H groups in total. The van der Waals surface area contributed by atoms with Crippen LogP contribution in [0.1, 0.15) is 46.6 Å². The van der Waals surface area contributed by atoms with Gasteiger partial charge in [-0.15, -0.1) is 0 Å². The first-order chi connectivity index (χ1) is 20.9. The highest BCUT2D eigenvalue weighted by Gasteiger charge is 2.20. The summed E-state index contributed by atoms with van der Waals surface area (Å²) in [6.45, 7) is 11.3. The Morgan fingerprint density at radius 3 is 2.23 bits per heavy atom. The van der Waals surface area contributed by atoms with Crippen LogP contribution in [-0.2, 0) is 19.6 Å². The van der Waals surface area contributed by atoms with Crippen LogP contribution in [-0.4, -0.2) is 63.1 Å². The van der Waals surface area contributed by atoms with E-state index in [4.69, 9.17) is 15.3 Å². The number of nitrogens with two attached hydrogens (primary N) is 1. The number of sulfonamides is 1.